The number of methoxy groups -OCH3 is 1. The highest BCUT2D eigenvalue weighted by Gasteiger charge is 2.21. The zero-order valence-electron chi connectivity index (χ0n) is 11.1. The minimum atomic E-state index is -0.637. The molecule has 1 aliphatic rings. The van der Waals surface area contributed by atoms with E-state index in [1.165, 1.54) is 7.11 Å². The molecule has 2 heterocycles. The largest absolute Gasteiger partial charge is 0.464 e. The number of ether oxygens (including phenoxy) is 2. The van der Waals surface area contributed by atoms with Crippen molar-refractivity contribution >= 4 is 29.3 Å². The molecule has 1 atom stereocenters. The van der Waals surface area contributed by atoms with E-state index in [0.29, 0.717) is 12.8 Å². The number of H-pyrrole nitrogens is 1. The Kier molecular flexibility index (Phi) is 4.97. The first-order valence-corrected chi connectivity index (χ1v) is 6.73. The molecule has 0 radical (unpaired) electrons. The Balaban J connectivity index is 1.87. The van der Waals surface area contributed by atoms with E-state index in [1.807, 2.05) is 0 Å². The van der Waals surface area contributed by atoms with E-state index in [1.54, 1.807) is 0 Å². The van der Waals surface area contributed by atoms with Gasteiger partial charge in [0.05, 0.1) is 13.2 Å². The van der Waals surface area contributed by atoms with E-state index < -0.39 is 5.97 Å². The highest BCUT2D eigenvalue weighted by atomic mass is 35.5. The highest BCUT2D eigenvalue weighted by Crippen LogP contribution is 2.24. The van der Waals surface area contributed by atoms with Gasteiger partial charge in [0.25, 0.3) is 0 Å². The number of nitrogens with one attached hydrogen (secondary N) is 2. The van der Waals surface area contributed by atoms with Gasteiger partial charge in [-0.2, -0.15) is 5.10 Å². The normalized spacial score (nSPS) is 18.0. The second-order valence-corrected chi connectivity index (χ2v) is 4.85. The zero-order chi connectivity index (χ0) is 14.5. The van der Waals surface area contributed by atoms with Crippen molar-refractivity contribution in [3.05, 3.63) is 10.7 Å². The molecule has 2 N–H and O–H groups in total. The van der Waals surface area contributed by atoms with E-state index in [9.17, 15) is 9.59 Å². The summed E-state index contributed by atoms with van der Waals surface area (Å²) in [5, 5.41) is 8.82. The van der Waals surface area contributed by atoms with Crippen molar-refractivity contribution < 1.29 is 19.1 Å². The molecule has 0 spiro atoms. The van der Waals surface area contributed by atoms with Crippen molar-refractivity contribution in [2.24, 2.45) is 0 Å². The first-order chi connectivity index (χ1) is 9.61. The van der Waals surface area contributed by atoms with E-state index in [4.69, 9.17) is 16.3 Å². The molecule has 0 aliphatic carbocycles. The lowest BCUT2D eigenvalue weighted by Crippen LogP contribution is -2.15. The van der Waals surface area contributed by atoms with Gasteiger partial charge < -0.3 is 14.8 Å². The number of carbonyl (C=O) groups excluding carboxylic acids is 2. The summed E-state index contributed by atoms with van der Waals surface area (Å²) in [4.78, 5) is 23.1. The van der Waals surface area contributed by atoms with Crippen LogP contribution in [0.15, 0.2) is 0 Å². The van der Waals surface area contributed by atoms with Crippen LogP contribution < -0.4 is 5.32 Å². The fourth-order valence-electron chi connectivity index (χ4n) is 2.01. The van der Waals surface area contributed by atoms with Crippen LogP contribution >= 0.6 is 11.6 Å². The van der Waals surface area contributed by atoms with Crippen LogP contribution in [-0.4, -0.2) is 41.9 Å². The van der Waals surface area contributed by atoms with Gasteiger partial charge in [-0.1, -0.05) is 11.6 Å². The average molecular weight is 302 g/mol. The minimum absolute atomic E-state index is 0.0172. The monoisotopic (exact) mass is 301 g/mol. The summed E-state index contributed by atoms with van der Waals surface area (Å²) < 4.78 is 9.96. The van der Waals surface area contributed by atoms with Crippen molar-refractivity contribution in [1.29, 1.82) is 0 Å². The van der Waals surface area contributed by atoms with E-state index in [2.05, 4.69) is 20.3 Å². The Labute approximate surface area is 121 Å². The topological polar surface area (TPSA) is 93.3 Å². The zero-order valence-corrected chi connectivity index (χ0v) is 11.8. The summed E-state index contributed by atoms with van der Waals surface area (Å²) in [5.41, 5.74) is 0.0172. The lowest BCUT2D eigenvalue weighted by Gasteiger charge is -2.08. The molecule has 1 aliphatic heterocycles. The van der Waals surface area contributed by atoms with Crippen LogP contribution in [0.5, 0.6) is 0 Å². The molecule has 0 aromatic carbocycles. The molecule has 0 saturated carbocycles. The van der Waals surface area contributed by atoms with Crippen LogP contribution in [0.3, 0.4) is 0 Å². The summed E-state index contributed by atoms with van der Waals surface area (Å²) in [6, 6.07) is 0. The molecular formula is C12H16ClN3O4. The van der Waals surface area contributed by atoms with E-state index in [-0.39, 0.29) is 28.5 Å². The van der Waals surface area contributed by atoms with Gasteiger partial charge in [0, 0.05) is 13.0 Å². The molecule has 110 valence electrons. The number of esters is 1. The smallest absolute Gasteiger partial charge is 0.357 e. The number of hydrogen-bond donors (Lipinski definition) is 2. The molecule has 1 saturated heterocycles. The Hall–Kier alpha value is -1.60. The molecule has 7 nitrogen and oxygen atoms in total. The quantitative estimate of drug-likeness (QED) is 0.808. The fourth-order valence-corrected chi connectivity index (χ4v) is 2.22. The lowest BCUT2D eigenvalue weighted by molar-refractivity contribution is -0.116. The van der Waals surface area contributed by atoms with Gasteiger partial charge in [0.1, 0.15) is 5.02 Å². The van der Waals surface area contributed by atoms with Gasteiger partial charge in [-0.15, -0.1) is 0 Å². The number of amides is 1. The molecule has 1 aromatic rings. The maximum absolute atomic E-state index is 11.8. The van der Waals surface area contributed by atoms with Gasteiger partial charge in [-0.05, 0) is 19.3 Å². The minimum Gasteiger partial charge on any atom is -0.464 e. The second kappa shape index (κ2) is 6.71. The number of aromatic amines is 1. The van der Waals surface area contributed by atoms with Gasteiger partial charge in [0.15, 0.2) is 11.5 Å². The number of nitrogens with zero attached hydrogens (tertiary/aromatic N) is 1. The Morgan fingerprint density at radius 1 is 1.60 bits per heavy atom. The third-order valence-electron chi connectivity index (χ3n) is 3.07. The van der Waals surface area contributed by atoms with Crippen molar-refractivity contribution in [3.63, 3.8) is 0 Å². The lowest BCUT2D eigenvalue weighted by atomic mass is 10.1. The number of anilines is 1. The number of carbonyl (C=O) groups is 2. The predicted molar refractivity (Wildman–Crippen MR) is 71.8 cm³/mol. The van der Waals surface area contributed by atoms with Crippen molar-refractivity contribution in [2.45, 2.75) is 31.8 Å². The molecule has 1 aromatic heterocycles. The third kappa shape index (κ3) is 3.49. The number of rotatable bonds is 5. The van der Waals surface area contributed by atoms with Crippen LogP contribution in [0.4, 0.5) is 5.82 Å². The Morgan fingerprint density at radius 2 is 2.40 bits per heavy atom. The molecule has 1 amide bonds. The summed E-state index contributed by atoms with van der Waals surface area (Å²) in [6.45, 7) is 0.764. The molecule has 8 heteroatoms. The molecular weight excluding hydrogens is 286 g/mol. The van der Waals surface area contributed by atoms with Gasteiger partial charge in [-0.25, -0.2) is 4.79 Å². The second-order valence-electron chi connectivity index (χ2n) is 4.47. The molecule has 2 rings (SSSR count). The Morgan fingerprint density at radius 3 is 3.05 bits per heavy atom. The van der Waals surface area contributed by atoms with Gasteiger partial charge in [0.2, 0.25) is 5.91 Å². The molecule has 1 unspecified atom stereocenters. The van der Waals surface area contributed by atoms with E-state index >= 15 is 0 Å². The van der Waals surface area contributed by atoms with Crippen molar-refractivity contribution in [3.8, 4) is 0 Å². The highest BCUT2D eigenvalue weighted by molar-refractivity contribution is 6.36. The van der Waals surface area contributed by atoms with Crippen LogP contribution in [0.25, 0.3) is 0 Å². The molecule has 20 heavy (non-hydrogen) atoms. The van der Waals surface area contributed by atoms with Crippen LogP contribution in [0.1, 0.15) is 36.2 Å². The first-order valence-electron chi connectivity index (χ1n) is 6.35. The first kappa shape index (κ1) is 14.8. The SMILES string of the molecule is COC(=O)c1[nH]nc(NC(=O)CCC2CCCO2)c1Cl. The summed E-state index contributed by atoms with van der Waals surface area (Å²) >= 11 is 5.94. The third-order valence-corrected chi connectivity index (χ3v) is 3.44. The molecule has 0 bridgehead atoms. The maximum atomic E-state index is 11.8. The number of hydrogen-bond acceptors (Lipinski definition) is 5. The van der Waals surface area contributed by atoms with Gasteiger partial charge in [-0.3, -0.25) is 9.89 Å². The summed E-state index contributed by atoms with van der Waals surface area (Å²) in [6.07, 6.45) is 3.17. The van der Waals surface area contributed by atoms with E-state index in [0.717, 1.165) is 19.4 Å². The Bertz CT molecular complexity index is 497. The predicted octanol–water partition coefficient (Wildman–Crippen LogP) is 1.75. The fraction of sp³-hybridized carbons (Fsp3) is 0.583. The van der Waals surface area contributed by atoms with Crippen LogP contribution in [0, 0.1) is 0 Å². The van der Waals surface area contributed by atoms with Gasteiger partial charge >= 0.3 is 5.97 Å². The number of halogens is 1. The maximum Gasteiger partial charge on any atom is 0.357 e. The number of aromatic nitrogens is 2. The summed E-state index contributed by atoms with van der Waals surface area (Å²) in [5.74, 6) is -0.725. The van der Waals surface area contributed by atoms with Crippen LogP contribution in [0.2, 0.25) is 5.02 Å². The summed E-state index contributed by atoms with van der Waals surface area (Å²) in [7, 11) is 1.24. The van der Waals surface area contributed by atoms with Crippen LogP contribution in [-0.2, 0) is 14.3 Å². The standard InChI is InChI=1S/C12H16ClN3O4/c1-19-12(18)10-9(13)11(16-15-10)14-8(17)5-4-7-3-2-6-20-7/h7H,2-6H2,1H3,(H2,14,15,16,17). The molecule has 1 fully saturated rings. The van der Waals surface area contributed by atoms with Crippen molar-refractivity contribution in [2.75, 3.05) is 19.0 Å². The van der Waals surface area contributed by atoms with Crippen molar-refractivity contribution in [1.82, 2.24) is 10.2 Å². The average Bonchev–Trinajstić information content (AvgIpc) is 3.07.